The van der Waals surface area contributed by atoms with Gasteiger partial charge in [-0.25, -0.2) is 4.79 Å². The normalized spacial score (nSPS) is 18.8. The molecule has 1 aliphatic rings. The molecule has 5 heteroatoms. The number of alkyl carbamates (subject to hydrolysis) is 1. The zero-order valence-electron chi connectivity index (χ0n) is 15.0. The fourth-order valence-corrected chi connectivity index (χ4v) is 2.93. The first-order chi connectivity index (χ1) is 12.3. The zero-order chi connectivity index (χ0) is 18.7. The van der Waals surface area contributed by atoms with Crippen molar-refractivity contribution in [2.75, 3.05) is 0 Å². The molecule has 136 valence electrons. The van der Waals surface area contributed by atoms with Crippen LogP contribution in [0.5, 0.6) is 5.75 Å². The summed E-state index contributed by atoms with van der Waals surface area (Å²) in [5.74, 6) is 0.680. The average molecular weight is 372 g/mol. The Morgan fingerprint density at radius 1 is 1.08 bits per heavy atom. The molecule has 0 aromatic heterocycles. The second kappa shape index (κ2) is 7.42. The van der Waals surface area contributed by atoms with Gasteiger partial charge in [-0.15, -0.1) is 0 Å². The highest BCUT2D eigenvalue weighted by atomic mass is 35.5. The minimum atomic E-state index is -0.569. The lowest BCUT2D eigenvalue weighted by Gasteiger charge is -2.31. The van der Waals surface area contributed by atoms with Gasteiger partial charge in [-0.1, -0.05) is 41.9 Å². The molecule has 0 unspecified atom stereocenters. The fourth-order valence-electron chi connectivity index (χ4n) is 2.80. The average Bonchev–Trinajstić information content (AvgIpc) is 2.57. The van der Waals surface area contributed by atoms with Crippen molar-refractivity contribution in [3.8, 4) is 5.75 Å². The number of nitrogens with one attached hydrogen (secondary N) is 1. The number of hydrogen-bond acceptors (Lipinski definition) is 3. The predicted molar refractivity (Wildman–Crippen MR) is 103 cm³/mol. The van der Waals surface area contributed by atoms with Gasteiger partial charge in [0.1, 0.15) is 17.5 Å². The Hall–Kier alpha value is -2.46. The molecule has 0 heterocycles. The molecule has 3 rings (SSSR count). The van der Waals surface area contributed by atoms with Crippen LogP contribution in [0.2, 0.25) is 5.02 Å². The molecule has 4 nitrogen and oxygen atoms in total. The molecular formula is C21H22ClNO3. The summed E-state index contributed by atoms with van der Waals surface area (Å²) in [7, 11) is 0. The van der Waals surface area contributed by atoms with Gasteiger partial charge in [0.2, 0.25) is 0 Å². The summed E-state index contributed by atoms with van der Waals surface area (Å²) < 4.78 is 11.5. The van der Waals surface area contributed by atoms with E-state index in [0.29, 0.717) is 10.8 Å². The molecule has 26 heavy (non-hydrogen) atoms. The number of benzene rings is 2. The van der Waals surface area contributed by atoms with Gasteiger partial charge in [0.05, 0.1) is 6.04 Å². The van der Waals surface area contributed by atoms with Crippen LogP contribution in [0.15, 0.2) is 54.6 Å². The highest BCUT2D eigenvalue weighted by Gasteiger charge is 2.31. The van der Waals surface area contributed by atoms with E-state index in [2.05, 4.69) is 5.32 Å². The topological polar surface area (TPSA) is 47.6 Å². The second-order valence-corrected chi connectivity index (χ2v) is 7.58. The molecule has 1 amide bonds. The molecule has 1 aliphatic carbocycles. The summed E-state index contributed by atoms with van der Waals surface area (Å²) in [4.78, 5) is 12.3. The summed E-state index contributed by atoms with van der Waals surface area (Å²) in [6, 6.07) is 14.7. The number of fused-ring (bicyclic) bond motifs is 1. The Kier molecular flexibility index (Phi) is 5.23. The maximum atomic E-state index is 12.3. The van der Waals surface area contributed by atoms with Gasteiger partial charge < -0.3 is 14.8 Å². The van der Waals surface area contributed by atoms with E-state index in [4.69, 9.17) is 21.1 Å². The van der Waals surface area contributed by atoms with Crippen molar-refractivity contribution >= 4 is 23.8 Å². The number of amides is 1. The number of carbonyl (C=O) groups is 1. The van der Waals surface area contributed by atoms with E-state index in [1.165, 1.54) is 0 Å². The van der Waals surface area contributed by atoms with E-state index in [-0.39, 0.29) is 12.1 Å². The van der Waals surface area contributed by atoms with Gasteiger partial charge in [0.25, 0.3) is 0 Å². The first-order valence-corrected chi connectivity index (χ1v) is 8.88. The van der Waals surface area contributed by atoms with Crippen molar-refractivity contribution in [1.82, 2.24) is 5.32 Å². The van der Waals surface area contributed by atoms with Crippen molar-refractivity contribution in [1.29, 1.82) is 0 Å². The maximum absolute atomic E-state index is 12.3. The minimum absolute atomic E-state index is 0.360. The lowest BCUT2D eigenvalue weighted by atomic mass is 9.91. The summed E-state index contributed by atoms with van der Waals surface area (Å²) in [5, 5.41) is 3.59. The third-order valence-corrected chi connectivity index (χ3v) is 4.14. The van der Waals surface area contributed by atoms with E-state index < -0.39 is 11.7 Å². The SMILES string of the molecule is CC(C)(C)OC(=O)N[C@@H]1c2ccccc2C=C[C@H]1Oc1ccc(Cl)cc1. The lowest BCUT2D eigenvalue weighted by Crippen LogP contribution is -2.42. The Balaban J connectivity index is 1.84. The molecule has 2 aromatic carbocycles. The van der Waals surface area contributed by atoms with Gasteiger partial charge in [-0.05, 0) is 62.2 Å². The van der Waals surface area contributed by atoms with Gasteiger partial charge in [-0.3, -0.25) is 0 Å². The molecule has 0 radical (unpaired) electrons. The molecule has 0 aliphatic heterocycles. The van der Waals surface area contributed by atoms with E-state index in [9.17, 15) is 4.79 Å². The fraction of sp³-hybridized carbons (Fsp3) is 0.286. The molecule has 2 aromatic rings. The van der Waals surface area contributed by atoms with Crippen molar-refractivity contribution in [2.24, 2.45) is 0 Å². The number of carbonyl (C=O) groups excluding carboxylic acids is 1. The summed E-state index contributed by atoms with van der Waals surface area (Å²) in [5.41, 5.74) is 1.46. The molecule has 2 atom stereocenters. The Morgan fingerprint density at radius 2 is 1.77 bits per heavy atom. The van der Waals surface area contributed by atoms with Crippen LogP contribution in [0.25, 0.3) is 6.08 Å². The number of halogens is 1. The van der Waals surface area contributed by atoms with E-state index in [0.717, 1.165) is 11.1 Å². The highest BCUT2D eigenvalue weighted by Crippen LogP contribution is 2.31. The maximum Gasteiger partial charge on any atom is 0.408 e. The molecule has 0 saturated carbocycles. The van der Waals surface area contributed by atoms with E-state index in [1.807, 2.05) is 57.2 Å². The van der Waals surface area contributed by atoms with Gasteiger partial charge in [0, 0.05) is 5.02 Å². The monoisotopic (exact) mass is 371 g/mol. The van der Waals surface area contributed by atoms with Crippen LogP contribution < -0.4 is 10.1 Å². The summed E-state index contributed by atoms with van der Waals surface area (Å²) in [6.45, 7) is 5.51. The number of rotatable bonds is 3. The predicted octanol–water partition coefficient (Wildman–Crippen LogP) is 5.38. The molecule has 1 N–H and O–H groups in total. The number of ether oxygens (including phenoxy) is 2. The third-order valence-electron chi connectivity index (χ3n) is 3.88. The van der Waals surface area contributed by atoms with Gasteiger partial charge in [-0.2, -0.15) is 0 Å². The smallest absolute Gasteiger partial charge is 0.408 e. The Morgan fingerprint density at radius 3 is 2.46 bits per heavy atom. The first kappa shape index (κ1) is 18.3. The highest BCUT2D eigenvalue weighted by molar-refractivity contribution is 6.30. The first-order valence-electron chi connectivity index (χ1n) is 8.51. The van der Waals surface area contributed by atoms with Crippen LogP contribution in [0.4, 0.5) is 4.79 Å². The van der Waals surface area contributed by atoms with Crippen LogP contribution >= 0.6 is 11.6 Å². The number of hydrogen-bond donors (Lipinski definition) is 1. The standard InChI is InChI=1S/C21H22ClNO3/c1-21(2,3)26-20(24)23-19-17-7-5-4-6-14(17)8-13-18(19)25-16-11-9-15(22)10-12-16/h4-13,18-19H,1-3H3,(H,23,24)/t18-,19-/m1/s1. The molecule has 0 saturated heterocycles. The summed E-state index contributed by atoms with van der Waals surface area (Å²) in [6.07, 6.45) is 3.11. The van der Waals surface area contributed by atoms with Crippen molar-refractivity contribution in [3.63, 3.8) is 0 Å². The zero-order valence-corrected chi connectivity index (χ0v) is 15.8. The van der Waals surface area contributed by atoms with E-state index >= 15 is 0 Å². The van der Waals surface area contributed by atoms with Gasteiger partial charge >= 0.3 is 6.09 Å². The van der Waals surface area contributed by atoms with Crippen LogP contribution in [-0.2, 0) is 4.74 Å². The molecule has 0 bridgehead atoms. The Bertz CT molecular complexity index is 809. The van der Waals surface area contributed by atoms with E-state index in [1.54, 1.807) is 24.3 Å². The largest absolute Gasteiger partial charge is 0.484 e. The molecular weight excluding hydrogens is 350 g/mol. The quantitative estimate of drug-likeness (QED) is 0.787. The lowest BCUT2D eigenvalue weighted by molar-refractivity contribution is 0.0464. The van der Waals surface area contributed by atoms with Crippen molar-refractivity contribution in [3.05, 3.63) is 70.8 Å². The third kappa shape index (κ3) is 4.58. The van der Waals surface area contributed by atoms with Crippen LogP contribution in [0.1, 0.15) is 37.9 Å². The van der Waals surface area contributed by atoms with Crippen molar-refractivity contribution in [2.45, 2.75) is 38.5 Å². The minimum Gasteiger partial charge on any atom is -0.484 e. The Labute approximate surface area is 158 Å². The van der Waals surface area contributed by atoms with Crippen molar-refractivity contribution < 1.29 is 14.3 Å². The van der Waals surface area contributed by atoms with Crippen LogP contribution in [-0.4, -0.2) is 17.8 Å². The molecule has 0 fully saturated rings. The van der Waals surface area contributed by atoms with Gasteiger partial charge in [0.15, 0.2) is 0 Å². The van der Waals surface area contributed by atoms with Crippen LogP contribution in [0.3, 0.4) is 0 Å². The van der Waals surface area contributed by atoms with Crippen LogP contribution in [0, 0.1) is 0 Å². The molecule has 0 spiro atoms. The second-order valence-electron chi connectivity index (χ2n) is 7.15. The summed E-state index contributed by atoms with van der Waals surface area (Å²) >= 11 is 5.94.